The van der Waals surface area contributed by atoms with Crippen molar-refractivity contribution in [3.05, 3.63) is 21.2 Å². The monoisotopic (exact) mass is 438 g/mol. The van der Waals surface area contributed by atoms with Crippen LogP contribution in [0.5, 0.6) is 11.5 Å². The van der Waals surface area contributed by atoms with Gasteiger partial charge in [0.25, 0.3) is 11.7 Å². The number of hydrogen-bond acceptors (Lipinski definition) is 4. The molecule has 2 heterocycles. The molecular formula is C19H23BrN2O5. The molecule has 0 radical (unpaired) electrons. The highest BCUT2D eigenvalue weighted by Gasteiger charge is 2.48. The smallest absolute Gasteiger partial charge is 0.404 e. The molecule has 1 aromatic rings. The molecule has 1 saturated carbocycles. The molecule has 0 bridgehead atoms. The number of halogens is 1. The summed E-state index contributed by atoms with van der Waals surface area (Å²) in [6, 6.07) is -0.0180. The number of carbonyl (C=O) groups excluding carboxylic acids is 1. The number of hydrogen-bond donors (Lipinski definition) is 3. The fourth-order valence-electron chi connectivity index (χ4n) is 4.53. The third-order valence-corrected chi connectivity index (χ3v) is 6.82. The van der Waals surface area contributed by atoms with Crippen molar-refractivity contribution in [3.63, 3.8) is 0 Å². The van der Waals surface area contributed by atoms with Gasteiger partial charge in [0, 0.05) is 31.0 Å². The van der Waals surface area contributed by atoms with Gasteiger partial charge in [-0.25, -0.2) is 4.79 Å². The molecule has 0 saturated heterocycles. The highest BCUT2D eigenvalue weighted by atomic mass is 79.9. The molecule has 7 nitrogen and oxygen atoms in total. The molecule has 146 valence electrons. The van der Waals surface area contributed by atoms with Crippen molar-refractivity contribution >= 4 is 27.9 Å². The van der Waals surface area contributed by atoms with Gasteiger partial charge in [-0.3, -0.25) is 4.79 Å². The zero-order valence-electron chi connectivity index (χ0n) is 15.4. The van der Waals surface area contributed by atoms with Gasteiger partial charge in [0.15, 0.2) is 11.5 Å². The lowest BCUT2D eigenvalue weighted by atomic mass is 9.81. The van der Waals surface area contributed by atoms with Gasteiger partial charge >= 0.3 is 6.09 Å². The van der Waals surface area contributed by atoms with E-state index in [4.69, 9.17) is 14.6 Å². The minimum absolute atomic E-state index is 0.0180. The summed E-state index contributed by atoms with van der Waals surface area (Å²) in [6.45, 7) is 4.45. The van der Waals surface area contributed by atoms with Crippen LogP contribution in [0.3, 0.4) is 0 Å². The zero-order chi connectivity index (χ0) is 19.3. The molecule has 1 aliphatic carbocycles. The Morgan fingerprint density at radius 3 is 2.59 bits per heavy atom. The second-order valence-corrected chi connectivity index (χ2v) is 8.47. The van der Waals surface area contributed by atoms with E-state index in [0.29, 0.717) is 23.6 Å². The molecule has 1 aromatic carbocycles. The van der Waals surface area contributed by atoms with E-state index in [1.54, 1.807) is 0 Å². The summed E-state index contributed by atoms with van der Waals surface area (Å²) in [4.78, 5) is 23.2. The first-order chi connectivity index (χ1) is 12.8. The van der Waals surface area contributed by atoms with Gasteiger partial charge in [0.2, 0.25) is 0 Å². The quantitative estimate of drug-likeness (QED) is 0.657. The van der Waals surface area contributed by atoms with E-state index in [-0.39, 0.29) is 17.9 Å². The zero-order valence-corrected chi connectivity index (χ0v) is 16.9. The van der Waals surface area contributed by atoms with Crippen molar-refractivity contribution in [3.8, 4) is 11.5 Å². The van der Waals surface area contributed by atoms with E-state index in [9.17, 15) is 9.59 Å². The molecule has 4 rings (SSSR count). The van der Waals surface area contributed by atoms with Crippen LogP contribution in [-0.2, 0) is 6.42 Å². The van der Waals surface area contributed by atoms with E-state index in [1.165, 1.54) is 0 Å². The molecular weight excluding hydrogens is 416 g/mol. The SMILES string of the molecule is Cc1c2c(c(Br)c3c1C(=O)NCC3)OC(C)([C@H]1CC[C@H](NC(=O)O)CC1)O2. The van der Waals surface area contributed by atoms with E-state index in [0.717, 1.165) is 47.7 Å². The number of ether oxygens (including phenoxy) is 2. The summed E-state index contributed by atoms with van der Waals surface area (Å²) < 4.78 is 13.4. The summed E-state index contributed by atoms with van der Waals surface area (Å²) in [5.74, 6) is 0.563. The van der Waals surface area contributed by atoms with Gasteiger partial charge in [-0.1, -0.05) is 0 Å². The summed E-state index contributed by atoms with van der Waals surface area (Å²) in [7, 11) is 0. The second-order valence-electron chi connectivity index (χ2n) is 7.67. The van der Waals surface area contributed by atoms with Crippen LogP contribution < -0.4 is 20.1 Å². The topological polar surface area (TPSA) is 96.9 Å². The Morgan fingerprint density at radius 2 is 1.93 bits per heavy atom. The molecule has 1 atom stereocenters. The largest absolute Gasteiger partial charge is 0.465 e. The van der Waals surface area contributed by atoms with Gasteiger partial charge in [-0.05, 0) is 60.5 Å². The predicted octanol–water partition coefficient (Wildman–Crippen LogP) is 3.36. The standard InChI is InChI=1S/C19H23BrN2O5/c1-9-13-12(7-8-21-17(13)23)14(20)16-15(9)26-19(2,27-16)10-3-5-11(6-4-10)22-18(24)25/h10-11,22H,3-8H2,1-2H3,(H,21,23)(H,24,25)/t10-,11-,19?. The summed E-state index contributed by atoms with van der Waals surface area (Å²) >= 11 is 3.63. The van der Waals surface area contributed by atoms with Crippen LogP contribution in [0.2, 0.25) is 0 Å². The second kappa shape index (κ2) is 6.58. The maximum Gasteiger partial charge on any atom is 0.404 e. The van der Waals surface area contributed by atoms with E-state index in [2.05, 4.69) is 26.6 Å². The molecule has 27 heavy (non-hydrogen) atoms. The van der Waals surface area contributed by atoms with E-state index in [1.807, 2.05) is 13.8 Å². The van der Waals surface area contributed by atoms with Crippen molar-refractivity contribution in [1.29, 1.82) is 0 Å². The Labute approximate surface area is 165 Å². The Bertz CT molecular complexity index is 819. The Balaban J connectivity index is 1.59. The highest BCUT2D eigenvalue weighted by Crippen LogP contribution is 2.53. The van der Waals surface area contributed by atoms with Crippen molar-refractivity contribution < 1.29 is 24.2 Å². The Hall–Kier alpha value is -1.96. The predicted molar refractivity (Wildman–Crippen MR) is 101 cm³/mol. The van der Waals surface area contributed by atoms with E-state index >= 15 is 0 Å². The average molecular weight is 439 g/mol. The molecule has 8 heteroatoms. The minimum Gasteiger partial charge on any atom is -0.465 e. The number of amides is 2. The maximum absolute atomic E-state index is 12.4. The Kier molecular flexibility index (Phi) is 4.49. The first-order valence-corrected chi connectivity index (χ1v) is 10.1. The normalized spacial score (nSPS) is 29.1. The molecule has 3 aliphatic rings. The fraction of sp³-hybridized carbons (Fsp3) is 0.579. The lowest BCUT2D eigenvalue weighted by molar-refractivity contribution is -0.121. The number of nitrogens with one attached hydrogen (secondary N) is 2. The molecule has 2 aliphatic heterocycles. The summed E-state index contributed by atoms with van der Waals surface area (Å²) in [5.41, 5.74) is 2.46. The first-order valence-electron chi connectivity index (χ1n) is 9.30. The molecule has 1 unspecified atom stereocenters. The van der Waals surface area contributed by atoms with Crippen molar-refractivity contribution in [1.82, 2.24) is 10.6 Å². The molecule has 3 N–H and O–H groups in total. The number of carboxylic acid groups (broad SMARTS) is 1. The van der Waals surface area contributed by atoms with Gasteiger partial charge in [-0.2, -0.15) is 0 Å². The van der Waals surface area contributed by atoms with Gasteiger partial charge < -0.3 is 25.2 Å². The van der Waals surface area contributed by atoms with E-state index < -0.39 is 11.9 Å². The summed E-state index contributed by atoms with van der Waals surface area (Å²) in [6.07, 6.45) is 2.91. The van der Waals surface area contributed by atoms with Crippen molar-refractivity contribution in [2.45, 2.75) is 57.8 Å². The van der Waals surface area contributed by atoms with Crippen LogP contribution in [0.25, 0.3) is 0 Å². The van der Waals surface area contributed by atoms with Crippen LogP contribution >= 0.6 is 15.9 Å². The highest BCUT2D eigenvalue weighted by molar-refractivity contribution is 9.10. The average Bonchev–Trinajstić information content (AvgIpc) is 2.99. The maximum atomic E-state index is 12.4. The van der Waals surface area contributed by atoms with Crippen LogP contribution in [0.15, 0.2) is 4.47 Å². The number of benzene rings is 1. The summed E-state index contributed by atoms with van der Waals surface area (Å²) in [5, 5.41) is 14.4. The fourth-order valence-corrected chi connectivity index (χ4v) is 5.19. The molecule has 2 amide bonds. The lowest BCUT2D eigenvalue weighted by Crippen LogP contribution is -2.47. The van der Waals surface area contributed by atoms with Gasteiger partial charge in [0.05, 0.1) is 10.0 Å². The van der Waals surface area contributed by atoms with Crippen LogP contribution in [0, 0.1) is 12.8 Å². The van der Waals surface area contributed by atoms with Gasteiger partial charge in [-0.15, -0.1) is 0 Å². The molecule has 0 aromatic heterocycles. The van der Waals surface area contributed by atoms with Crippen molar-refractivity contribution in [2.24, 2.45) is 5.92 Å². The third-order valence-electron chi connectivity index (χ3n) is 5.98. The number of carbonyl (C=O) groups is 2. The van der Waals surface area contributed by atoms with Crippen molar-refractivity contribution in [2.75, 3.05) is 6.54 Å². The van der Waals surface area contributed by atoms with Gasteiger partial charge in [0.1, 0.15) is 0 Å². The number of rotatable bonds is 2. The third kappa shape index (κ3) is 3.03. The Morgan fingerprint density at radius 1 is 1.26 bits per heavy atom. The van der Waals surface area contributed by atoms with Crippen LogP contribution in [-0.4, -0.2) is 35.5 Å². The minimum atomic E-state index is -0.978. The molecule has 1 fully saturated rings. The number of fused-ring (bicyclic) bond motifs is 2. The molecule has 0 spiro atoms. The van der Waals surface area contributed by atoms with Crippen LogP contribution in [0.1, 0.15) is 54.1 Å². The van der Waals surface area contributed by atoms with Crippen LogP contribution in [0.4, 0.5) is 4.79 Å². The first kappa shape index (κ1) is 18.4. The lowest BCUT2D eigenvalue weighted by Gasteiger charge is -2.37.